The number of aromatic nitrogens is 1. The smallest absolute Gasteiger partial charge is 0.288 e. The van der Waals surface area contributed by atoms with Gasteiger partial charge in [-0.25, -0.2) is 4.98 Å². The standard InChI is InChI=1S/C16H16BrN3O3/c17-14-9-13(20(21)22)10-18-16(14)19-12-6-7-23-15(8-12)11-4-2-1-3-5-11/h1-5,9-10,12,15H,6-8H2,(H,18,19). The number of nitrogens with one attached hydrogen (secondary N) is 1. The van der Waals surface area contributed by atoms with Gasteiger partial charge < -0.3 is 10.1 Å². The van der Waals surface area contributed by atoms with Crippen LogP contribution >= 0.6 is 15.9 Å². The molecule has 2 aromatic rings. The summed E-state index contributed by atoms with van der Waals surface area (Å²) in [7, 11) is 0. The summed E-state index contributed by atoms with van der Waals surface area (Å²) in [6.07, 6.45) is 3.02. The minimum absolute atomic E-state index is 0.0310. The van der Waals surface area contributed by atoms with Crippen LogP contribution in [0.5, 0.6) is 0 Å². The highest BCUT2D eigenvalue weighted by molar-refractivity contribution is 9.10. The van der Waals surface area contributed by atoms with E-state index in [0.29, 0.717) is 16.9 Å². The van der Waals surface area contributed by atoms with Crippen molar-refractivity contribution in [2.24, 2.45) is 0 Å². The molecule has 1 fully saturated rings. The summed E-state index contributed by atoms with van der Waals surface area (Å²) in [5, 5.41) is 14.1. The molecule has 1 saturated heterocycles. The molecule has 0 spiro atoms. The van der Waals surface area contributed by atoms with Crippen LogP contribution in [0.15, 0.2) is 47.1 Å². The lowest BCUT2D eigenvalue weighted by molar-refractivity contribution is -0.385. The Bertz CT molecular complexity index is 696. The molecule has 0 saturated carbocycles. The van der Waals surface area contributed by atoms with Gasteiger partial charge in [0.2, 0.25) is 0 Å². The molecule has 7 heteroatoms. The second-order valence-electron chi connectivity index (χ2n) is 5.42. The number of ether oxygens (including phenoxy) is 1. The van der Waals surface area contributed by atoms with E-state index < -0.39 is 4.92 Å². The van der Waals surface area contributed by atoms with E-state index in [2.05, 4.69) is 38.4 Å². The topological polar surface area (TPSA) is 77.3 Å². The van der Waals surface area contributed by atoms with Crippen molar-refractivity contribution < 1.29 is 9.66 Å². The molecule has 3 rings (SSSR count). The predicted octanol–water partition coefficient (Wildman–Crippen LogP) is 4.08. The predicted molar refractivity (Wildman–Crippen MR) is 90.4 cm³/mol. The van der Waals surface area contributed by atoms with E-state index in [4.69, 9.17) is 4.74 Å². The Hall–Kier alpha value is -1.99. The van der Waals surface area contributed by atoms with Crippen molar-refractivity contribution in [1.29, 1.82) is 0 Å². The first-order valence-corrected chi connectivity index (χ1v) is 8.16. The molecule has 0 aliphatic carbocycles. The summed E-state index contributed by atoms with van der Waals surface area (Å²) in [6.45, 7) is 0.668. The van der Waals surface area contributed by atoms with Crippen molar-refractivity contribution in [2.75, 3.05) is 11.9 Å². The fourth-order valence-corrected chi connectivity index (χ4v) is 3.11. The van der Waals surface area contributed by atoms with E-state index in [-0.39, 0.29) is 17.8 Å². The highest BCUT2D eigenvalue weighted by atomic mass is 79.9. The number of hydrogen-bond donors (Lipinski definition) is 1. The summed E-state index contributed by atoms with van der Waals surface area (Å²) in [5.41, 5.74) is 1.13. The van der Waals surface area contributed by atoms with Crippen molar-refractivity contribution in [3.8, 4) is 0 Å². The van der Waals surface area contributed by atoms with E-state index in [1.807, 2.05) is 18.2 Å². The van der Waals surface area contributed by atoms with Crippen LogP contribution in [0.25, 0.3) is 0 Å². The van der Waals surface area contributed by atoms with Gasteiger partial charge in [-0.15, -0.1) is 0 Å². The molecule has 2 heterocycles. The van der Waals surface area contributed by atoms with E-state index in [1.54, 1.807) is 0 Å². The van der Waals surface area contributed by atoms with Crippen LogP contribution in [0.2, 0.25) is 0 Å². The number of nitro groups is 1. The van der Waals surface area contributed by atoms with Crippen LogP contribution in [-0.2, 0) is 4.74 Å². The van der Waals surface area contributed by atoms with E-state index in [9.17, 15) is 10.1 Å². The van der Waals surface area contributed by atoms with Crippen LogP contribution in [0.4, 0.5) is 11.5 Å². The van der Waals surface area contributed by atoms with Crippen molar-refractivity contribution in [3.63, 3.8) is 0 Å². The zero-order valence-electron chi connectivity index (χ0n) is 12.3. The molecule has 1 aliphatic rings. The Kier molecular flexibility index (Phi) is 4.88. The van der Waals surface area contributed by atoms with E-state index in [0.717, 1.165) is 18.4 Å². The number of halogens is 1. The van der Waals surface area contributed by atoms with Gasteiger partial charge in [0.1, 0.15) is 12.0 Å². The molecule has 120 valence electrons. The van der Waals surface area contributed by atoms with Crippen molar-refractivity contribution >= 4 is 27.4 Å². The summed E-state index contributed by atoms with van der Waals surface area (Å²) < 4.78 is 6.44. The second-order valence-corrected chi connectivity index (χ2v) is 6.27. The van der Waals surface area contributed by atoms with Crippen LogP contribution in [0.1, 0.15) is 24.5 Å². The van der Waals surface area contributed by atoms with Gasteiger partial charge in [0.15, 0.2) is 0 Å². The normalized spacial score (nSPS) is 20.9. The summed E-state index contributed by atoms with van der Waals surface area (Å²) in [5.74, 6) is 0.620. The molecule has 6 nitrogen and oxygen atoms in total. The van der Waals surface area contributed by atoms with Gasteiger partial charge in [-0.2, -0.15) is 0 Å². The average molecular weight is 378 g/mol. The van der Waals surface area contributed by atoms with Gasteiger partial charge in [0.05, 0.1) is 15.5 Å². The Balaban J connectivity index is 1.69. The molecule has 1 N–H and O–H groups in total. The SMILES string of the molecule is O=[N+]([O-])c1cnc(NC2CCOC(c3ccccc3)C2)c(Br)c1. The largest absolute Gasteiger partial charge is 0.373 e. The van der Waals surface area contributed by atoms with Crippen LogP contribution in [-0.4, -0.2) is 22.6 Å². The lowest BCUT2D eigenvalue weighted by Gasteiger charge is -2.31. The lowest BCUT2D eigenvalue weighted by Crippen LogP contribution is -2.30. The quantitative estimate of drug-likeness (QED) is 0.641. The number of benzene rings is 1. The first-order valence-electron chi connectivity index (χ1n) is 7.36. The molecular formula is C16H16BrN3O3. The number of nitrogens with zero attached hydrogens (tertiary/aromatic N) is 2. The van der Waals surface area contributed by atoms with Gasteiger partial charge in [-0.1, -0.05) is 30.3 Å². The van der Waals surface area contributed by atoms with Gasteiger partial charge in [-0.3, -0.25) is 10.1 Å². The molecule has 2 unspecified atom stereocenters. The number of pyridine rings is 1. The van der Waals surface area contributed by atoms with Gasteiger partial charge >= 0.3 is 0 Å². The molecule has 2 atom stereocenters. The van der Waals surface area contributed by atoms with E-state index >= 15 is 0 Å². The second kappa shape index (κ2) is 7.06. The summed E-state index contributed by atoms with van der Waals surface area (Å²) in [6, 6.07) is 11.8. The maximum atomic E-state index is 10.8. The van der Waals surface area contributed by atoms with Gasteiger partial charge in [0.25, 0.3) is 5.69 Å². The first kappa shape index (κ1) is 15.9. The minimum Gasteiger partial charge on any atom is -0.373 e. The average Bonchev–Trinajstić information content (AvgIpc) is 2.57. The highest BCUT2D eigenvalue weighted by Gasteiger charge is 2.24. The zero-order chi connectivity index (χ0) is 16.2. The molecular weight excluding hydrogens is 362 g/mol. The van der Waals surface area contributed by atoms with Crippen LogP contribution in [0, 0.1) is 10.1 Å². The van der Waals surface area contributed by atoms with Crippen molar-refractivity contribution in [3.05, 3.63) is 62.7 Å². The van der Waals surface area contributed by atoms with Crippen LogP contribution < -0.4 is 5.32 Å². The number of hydrogen-bond acceptors (Lipinski definition) is 5. The fourth-order valence-electron chi connectivity index (χ4n) is 2.66. The Labute approximate surface area is 142 Å². The molecule has 23 heavy (non-hydrogen) atoms. The Morgan fingerprint density at radius 3 is 2.83 bits per heavy atom. The lowest BCUT2D eigenvalue weighted by atomic mass is 9.97. The Morgan fingerprint density at radius 2 is 2.13 bits per heavy atom. The maximum absolute atomic E-state index is 10.8. The van der Waals surface area contributed by atoms with Gasteiger partial charge in [0, 0.05) is 18.7 Å². The van der Waals surface area contributed by atoms with Crippen molar-refractivity contribution in [2.45, 2.75) is 25.0 Å². The summed E-state index contributed by atoms with van der Waals surface area (Å²) in [4.78, 5) is 14.5. The molecule has 1 aromatic carbocycles. The third-order valence-corrected chi connectivity index (χ3v) is 4.44. The highest BCUT2D eigenvalue weighted by Crippen LogP contribution is 2.31. The third kappa shape index (κ3) is 3.86. The molecule has 1 aromatic heterocycles. The molecule has 1 aliphatic heterocycles. The first-order chi connectivity index (χ1) is 11.1. The molecule has 0 amide bonds. The van der Waals surface area contributed by atoms with Crippen LogP contribution in [0.3, 0.4) is 0 Å². The van der Waals surface area contributed by atoms with Gasteiger partial charge in [-0.05, 0) is 34.3 Å². The zero-order valence-corrected chi connectivity index (χ0v) is 13.9. The number of anilines is 1. The summed E-state index contributed by atoms with van der Waals surface area (Å²) >= 11 is 3.34. The van der Waals surface area contributed by atoms with Crippen molar-refractivity contribution in [1.82, 2.24) is 4.98 Å². The molecule has 0 radical (unpaired) electrons. The Morgan fingerprint density at radius 1 is 1.35 bits per heavy atom. The molecule has 0 bridgehead atoms. The monoisotopic (exact) mass is 377 g/mol. The minimum atomic E-state index is -0.457. The van der Waals surface area contributed by atoms with E-state index in [1.165, 1.54) is 12.3 Å². The third-order valence-electron chi connectivity index (χ3n) is 3.83. The number of rotatable bonds is 4. The maximum Gasteiger partial charge on any atom is 0.288 e. The fraction of sp³-hybridized carbons (Fsp3) is 0.312.